The Morgan fingerprint density at radius 1 is 1.25 bits per heavy atom. The minimum absolute atomic E-state index is 0.611. The van der Waals surface area contributed by atoms with E-state index >= 15 is 0 Å². The third-order valence-corrected chi connectivity index (χ3v) is 4.14. The van der Waals surface area contributed by atoms with Crippen molar-refractivity contribution in [2.75, 3.05) is 19.6 Å². The van der Waals surface area contributed by atoms with Gasteiger partial charge in [0.2, 0.25) is 0 Å². The van der Waals surface area contributed by atoms with Crippen molar-refractivity contribution < 1.29 is 0 Å². The van der Waals surface area contributed by atoms with E-state index in [-0.39, 0.29) is 0 Å². The number of nitrogens with zero attached hydrogens (tertiary/aromatic N) is 1. The van der Waals surface area contributed by atoms with E-state index in [1.165, 1.54) is 38.8 Å². The van der Waals surface area contributed by atoms with E-state index in [4.69, 9.17) is 0 Å². The van der Waals surface area contributed by atoms with Crippen LogP contribution in [0.25, 0.3) is 0 Å². The average molecular weight is 226 g/mol. The van der Waals surface area contributed by atoms with E-state index < -0.39 is 0 Å². The van der Waals surface area contributed by atoms with Gasteiger partial charge in [-0.3, -0.25) is 4.90 Å². The maximum atomic E-state index is 3.61. The molecule has 0 bridgehead atoms. The van der Waals surface area contributed by atoms with Gasteiger partial charge in [0.1, 0.15) is 0 Å². The molecule has 0 spiro atoms. The fourth-order valence-corrected chi connectivity index (χ4v) is 2.45. The maximum Gasteiger partial charge on any atom is 0.0218 e. The lowest BCUT2D eigenvalue weighted by atomic mass is 9.84. The first kappa shape index (κ1) is 14.0. The van der Waals surface area contributed by atoms with Crippen LogP contribution in [-0.4, -0.2) is 36.6 Å². The lowest BCUT2D eigenvalue weighted by Gasteiger charge is -2.38. The van der Waals surface area contributed by atoms with Crippen molar-refractivity contribution in [2.45, 2.75) is 65.5 Å². The molecule has 1 aliphatic rings. The van der Waals surface area contributed by atoms with Crippen LogP contribution in [-0.2, 0) is 0 Å². The van der Waals surface area contributed by atoms with Gasteiger partial charge in [0.05, 0.1) is 0 Å². The molecule has 0 amide bonds. The highest BCUT2D eigenvalue weighted by molar-refractivity contribution is 4.81. The largest absolute Gasteiger partial charge is 0.313 e. The summed E-state index contributed by atoms with van der Waals surface area (Å²) >= 11 is 0. The number of likely N-dealkylation sites (N-methyl/N-ethyl adjacent to an activating group) is 1. The summed E-state index contributed by atoms with van der Waals surface area (Å²) < 4.78 is 0. The SMILES string of the molecule is CCCNC(C)C(C)N(CC)CC1CCC1. The van der Waals surface area contributed by atoms with Gasteiger partial charge in [-0.05, 0) is 52.1 Å². The molecule has 1 aliphatic carbocycles. The van der Waals surface area contributed by atoms with E-state index in [0.29, 0.717) is 12.1 Å². The van der Waals surface area contributed by atoms with Crippen LogP contribution >= 0.6 is 0 Å². The first-order valence-electron chi connectivity index (χ1n) is 7.16. The summed E-state index contributed by atoms with van der Waals surface area (Å²) in [6, 6.07) is 1.28. The summed E-state index contributed by atoms with van der Waals surface area (Å²) in [5, 5.41) is 3.61. The monoisotopic (exact) mass is 226 g/mol. The second-order valence-corrected chi connectivity index (χ2v) is 5.37. The first-order valence-corrected chi connectivity index (χ1v) is 7.16. The van der Waals surface area contributed by atoms with Gasteiger partial charge in [-0.15, -0.1) is 0 Å². The lowest BCUT2D eigenvalue weighted by molar-refractivity contribution is 0.126. The molecule has 2 nitrogen and oxygen atoms in total. The Morgan fingerprint density at radius 3 is 2.38 bits per heavy atom. The number of rotatable bonds is 8. The fourth-order valence-electron chi connectivity index (χ4n) is 2.45. The molecular weight excluding hydrogens is 196 g/mol. The Labute approximate surface area is 102 Å². The Balaban J connectivity index is 2.31. The van der Waals surface area contributed by atoms with Crippen LogP contribution in [0.4, 0.5) is 0 Å². The predicted molar refractivity (Wildman–Crippen MR) is 71.8 cm³/mol. The van der Waals surface area contributed by atoms with Gasteiger partial charge in [0, 0.05) is 18.6 Å². The van der Waals surface area contributed by atoms with Crippen molar-refractivity contribution in [1.82, 2.24) is 10.2 Å². The van der Waals surface area contributed by atoms with Crippen molar-refractivity contribution in [3.8, 4) is 0 Å². The molecule has 0 saturated heterocycles. The van der Waals surface area contributed by atoms with Crippen LogP contribution in [0.3, 0.4) is 0 Å². The molecule has 0 radical (unpaired) electrons. The molecule has 0 aromatic heterocycles. The molecule has 0 aliphatic heterocycles. The van der Waals surface area contributed by atoms with Crippen LogP contribution in [0.5, 0.6) is 0 Å². The summed E-state index contributed by atoms with van der Waals surface area (Å²) in [4.78, 5) is 2.65. The molecule has 0 heterocycles. The van der Waals surface area contributed by atoms with Gasteiger partial charge in [-0.2, -0.15) is 0 Å². The van der Waals surface area contributed by atoms with Gasteiger partial charge < -0.3 is 5.32 Å². The van der Waals surface area contributed by atoms with Crippen LogP contribution in [0, 0.1) is 5.92 Å². The minimum Gasteiger partial charge on any atom is -0.313 e. The first-order chi connectivity index (χ1) is 7.69. The highest BCUT2D eigenvalue weighted by Gasteiger charge is 2.24. The van der Waals surface area contributed by atoms with Crippen LogP contribution in [0.1, 0.15) is 53.4 Å². The zero-order valence-corrected chi connectivity index (χ0v) is 11.6. The minimum atomic E-state index is 0.611. The second-order valence-electron chi connectivity index (χ2n) is 5.37. The van der Waals surface area contributed by atoms with Crippen LogP contribution in [0.2, 0.25) is 0 Å². The molecule has 1 fully saturated rings. The molecule has 2 heteroatoms. The Hall–Kier alpha value is -0.0800. The molecule has 1 N–H and O–H groups in total. The van der Waals surface area contributed by atoms with Crippen molar-refractivity contribution in [2.24, 2.45) is 5.92 Å². The number of hydrogen-bond donors (Lipinski definition) is 1. The average Bonchev–Trinajstić information content (AvgIpc) is 2.24. The van der Waals surface area contributed by atoms with E-state index in [1.54, 1.807) is 0 Å². The van der Waals surface area contributed by atoms with Crippen molar-refractivity contribution in [3.05, 3.63) is 0 Å². The van der Waals surface area contributed by atoms with E-state index in [1.807, 2.05) is 0 Å². The third kappa shape index (κ3) is 4.06. The lowest BCUT2D eigenvalue weighted by Crippen LogP contribution is -2.49. The number of hydrogen-bond acceptors (Lipinski definition) is 2. The zero-order valence-electron chi connectivity index (χ0n) is 11.6. The molecule has 0 aromatic rings. The molecule has 2 unspecified atom stereocenters. The third-order valence-electron chi connectivity index (χ3n) is 4.14. The Kier molecular flexibility index (Phi) is 6.37. The Morgan fingerprint density at radius 2 is 1.94 bits per heavy atom. The smallest absolute Gasteiger partial charge is 0.0218 e. The second kappa shape index (κ2) is 7.29. The van der Waals surface area contributed by atoms with Gasteiger partial charge >= 0.3 is 0 Å². The molecular formula is C14H30N2. The van der Waals surface area contributed by atoms with Crippen LogP contribution in [0.15, 0.2) is 0 Å². The highest BCUT2D eigenvalue weighted by atomic mass is 15.2. The Bertz CT molecular complexity index is 178. The normalized spacial score (nSPS) is 20.8. The molecule has 2 atom stereocenters. The van der Waals surface area contributed by atoms with Crippen molar-refractivity contribution in [3.63, 3.8) is 0 Å². The summed E-state index contributed by atoms with van der Waals surface area (Å²) in [7, 11) is 0. The molecule has 1 saturated carbocycles. The van der Waals surface area contributed by atoms with Gasteiger partial charge in [0.15, 0.2) is 0 Å². The summed E-state index contributed by atoms with van der Waals surface area (Å²) in [6.45, 7) is 12.9. The highest BCUT2D eigenvalue weighted by Crippen LogP contribution is 2.27. The quantitative estimate of drug-likeness (QED) is 0.684. The van der Waals surface area contributed by atoms with Crippen molar-refractivity contribution in [1.29, 1.82) is 0 Å². The topological polar surface area (TPSA) is 15.3 Å². The number of nitrogens with one attached hydrogen (secondary N) is 1. The summed E-state index contributed by atoms with van der Waals surface area (Å²) in [6.07, 6.45) is 5.60. The van der Waals surface area contributed by atoms with Crippen LogP contribution < -0.4 is 5.32 Å². The molecule has 96 valence electrons. The predicted octanol–water partition coefficient (Wildman–Crippen LogP) is 2.89. The summed E-state index contributed by atoms with van der Waals surface area (Å²) in [5.41, 5.74) is 0. The van der Waals surface area contributed by atoms with E-state index in [0.717, 1.165) is 12.5 Å². The standard InChI is InChI=1S/C14H30N2/c1-5-10-15-12(3)13(4)16(6-2)11-14-8-7-9-14/h12-15H,5-11H2,1-4H3. The van der Waals surface area contributed by atoms with E-state index in [2.05, 4.69) is 37.9 Å². The molecule has 1 rings (SSSR count). The maximum absolute atomic E-state index is 3.61. The molecule has 16 heavy (non-hydrogen) atoms. The van der Waals surface area contributed by atoms with Gasteiger partial charge in [0.25, 0.3) is 0 Å². The zero-order chi connectivity index (χ0) is 12.0. The van der Waals surface area contributed by atoms with Gasteiger partial charge in [-0.1, -0.05) is 20.3 Å². The molecule has 0 aromatic carbocycles. The van der Waals surface area contributed by atoms with Crippen molar-refractivity contribution >= 4 is 0 Å². The van der Waals surface area contributed by atoms with Gasteiger partial charge in [-0.25, -0.2) is 0 Å². The fraction of sp³-hybridized carbons (Fsp3) is 1.00. The van der Waals surface area contributed by atoms with E-state index in [9.17, 15) is 0 Å². The summed E-state index contributed by atoms with van der Waals surface area (Å²) in [5.74, 6) is 0.987.